The molecule has 1 aromatic heterocycles. The van der Waals surface area contributed by atoms with Crippen LogP contribution in [0.2, 0.25) is 0 Å². The van der Waals surface area contributed by atoms with Gasteiger partial charge in [-0.1, -0.05) is 0 Å². The van der Waals surface area contributed by atoms with Crippen LogP contribution >= 0.6 is 11.3 Å². The molecule has 2 N–H and O–H groups in total. The van der Waals surface area contributed by atoms with Gasteiger partial charge in [-0.3, -0.25) is 0 Å². The molecule has 1 heterocycles. The molecule has 0 saturated heterocycles. The predicted octanol–water partition coefficient (Wildman–Crippen LogP) is 1.46. The molecular weight excluding hydrogens is 309 g/mol. The lowest BCUT2D eigenvalue weighted by atomic mass is 10.2. The third-order valence-corrected chi connectivity index (χ3v) is 4.83. The summed E-state index contributed by atoms with van der Waals surface area (Å²) in [5, 5.41) is 8.71. The van der Waals surface area contributed by atoms with Crippen LogP contribution in [0.4, 0.5) is 13.2 Å². The van der Waals surface area contributed by atoms with Gasteiger partial charge in [0.25, 0.3) is 10.0 Å². The van der Waals surface area contributed by atoms with E-state index in [9.17, 15) is 26.4 Å². The van der Waals surface area contributed by atoms with Crippen LogP contribution in [0.15, 0.2) is 9.72 Å². The third kappa shape index (κ3) is 4.44. The Bertz CT molecular complexity index is 567. The van der Waals surface area contributed by atoms with Crippen molar-refractivity contribution in [1.82, 2.24) is 9.71 Å². The quantitative estimate of drug-likeness (QED) is 0.857. The van der Waals surface area contributed by atoms with E-state index in [4.69, 9.17) is 5.11 Å². The second-order valence-corrected chi connectivity index (χ2v) is 6.40. The van der Waals surface area contributed by atoms with E-state index in [1.807, 2.05) is 0 Å². The van der Waals surface area contributed by atoms with Gasteiger partial charge in [-0.15, -0.1) is 11.3 Å². The van der Waals surface area contributed by atoms with Gasteiger partial charge in [-0.05, 0) is 6.92 Å². The molecule has 6 nitrogen and oxygen atoms in total. The molecule has 1 unspecified atom stereocenters. The molecule has 0 spiro atoms. The van der Waals surface area contributed by atoms with E-state index in [-0.39, 0.29) is 0 Å². The van der Waals surface area contributed by atoms with Crippen LogP contribution < -0.4 is 4.72 Å². The minimum absolute atomic E-state index is 0.521. The van der Waals surface area contributed by atoms with Crippen LogP contribution in [0, 0.1) is 0 Å². The predicted molar refractivity (Wildman–Crippen MR) is 59.5 cm³/mol. The Morgan fingerprint density at radius 2 is 2.16 bits per heavy atom. The lowest BCUT2D eigenvalue weighted by Crippen LogP contribution is -2.36. The Hall–Kier alpha value is -1.20. The molecule has 1 rings (SSSR count). The van der Waals surface area contributed by atoms with Crippen molar-refractivity contribution in [1.29, 1.82) is 0 Å². The molecule has 0 bridgehead atoms. The first-order valence-electron chi connectivity index (χ1n) is 4.79. The normalized spacial score (nSPS) is 14.3. The molecule has 0 aliphatic heterocycles. The maximum absolute atomic E-state index is 12.1. The van der Waals surface area contributed by atoms with E-state index < -0.39 is 44.5 Å². The summed E-state index contributed by atoms with van der Waals surface area (Å²) < 4.78 is 60.9. The Kier molecular flexibility index (Phi) is 4.53. The Labute approximate surface area is 110 Å². The summed E-state index contributed by atoms with van der Waals surface area (Å²) >= 11 is 0.521. The van der Waals surface area contributed by atoms with Crippen molar-refractivity contribution in [2.75, 3.05) is 0 Å². The van der Waals surface area contributed by atoms with Crippen molar-refractivity contribution < 1.29 is 31.5 Å². The van der Waals surface area contributed by atoms with E-state index in [1.54, 1.807) is 4.72 Å². The van der Waals surface area contributed by atoms with Gasteiger partial charge < -0.3 is 5.11 Å². The fourth-order valence-corrected chi connectivity index (χ4v) is 3.68. The number of sulfonamides is 1. The van der Waals surface area contributed by atoms with Crippen LogP contribution in [0.1, 0.15) is 23.8 Å². The summed E-state index contributed by atoms with van der Waals surface area (Å²) in [6, 6.07) is -1.41. The number of nitrogens with one attached hydrogen (secondary N) is 1. The number of thiazole rings is 1. The summed E-state index contributed by atoms with van der Waals surface area (Å²) in [5.41, 5.74) is 0.281. The van der Waals surface area contributed by atoms with Gasteiger partial charge in [-0.2, -0.15) is 13.2 Å². The van der Waals surface area contributed by atoms with Crippen molar-refractivity contribution in [2.24, 2.45) is 0 Å². The minimum Gasteiger partial charge on any atom is -0.476 e. The fourth-order valence-electron chi connectivity index (χ4n) is 1.28. The van der Waals surface area contributed by atoms with Crippen molar-refractivity contribution in [3.05, 3.63) is 11.2 Å². The number of alkyl halides is 3. The van der Waals surface area contributed by atoms with Gasteiger partial charge in [0.2, 0.25) is 0 Å². The average molecular weight is 318 g/mol. The second kappa shape index (κ2) is 5.43. The molecule has 0 aliphatic rings. The Morgan fingerprint density at radius 3 is 2.63 bits per heavy atom. The lowest BCUT2D eigenvalue weighted by molar-refractivity contribution is -0.137. The van der Waals surface area contributed by atoms with Crippen molar-refractivity contribution in [2.45, 2.75) is 29.8 Å². The number of aromatic carboxylic acids is 1. The highest BCUT2D eigenvalue weighted by Gasteiger charge is 2.33. The first-order valence-corrected chi connectivity index (χ1v) is 7.15. The summed E-state index contributed by atoms with van der Waals surface area (Å²) in [6.45, 7) is 1.03. The number of halogens is 3. The van der Waals surface area contributed by atoms with Gasteiger partial charge in [0, 0.05) is 6.04 Å². The topological polar surface area (TPSA) is 96.4 Å². The van der Waals surface area contributed by atoms with E-state index in [1.165, 1.54) is 0 Å². The van der Waals surface area contributed by atoms with E-state index in [2.05, 4.69) is 4.98 Å². The zero-order chi connectivity index (χ0) is 14.8. The largest absolute Gasteiger partial charge is 0.476 e. The Balaban J connectivity index is 2.93. The molecule has 0 radical (unpaired) electrons. The monoisotopic (exact) mass is 318 g/mol. The zero-order valence-corrected chi connectivity index (χ0v) is 11.1. The number of carboxylic acid groups (broad SMARTS) is 1. The fraction of sp³-hybridized carbons (Fsp3) is 0.500. The summed E-state index contributed by atoms with van der Waals surface area (Å²) in [6.07, 6.45) is -5.88. The highest BCUT2D eigenvalue weighted by Crippen LogP contribution is 2.24. The zero-order valence-electron chi connectivity index (χ0n) is 9.43. The first kappa shape index (κ1) is 15.9. The molecule has 0 fully saturated rings. The van der Waals surface area contributed by atoms with Gasteiger partial charge in [0.15, 0.2) is 9.90 Å². The maximum Gasteiger partial charge on any atom is 0.390 e. The molecule has 0 aliphatic carbocycles. The van der Waals surface area contributed by atoms with Gasteiger partial charge in [0.1, 0.15) is 0 Å². The van der Waals surface area contributed by atoms with Gasteiger partial charge >= 0.3 is 12.1 Å². The van der Waals surface area contributed by atoms with Crippen molar-refractivity contribution in [3.63, 3.8) is 0 Å². The molecule has 0 aromatic carbocycles. The van der Waals surface area contributed by atoms with Crippen LogP contribution in [-0.4, -0.2) is 36.7 Å². The summed E-state index contributed by atoms with van der Waals surface area (Å²) in [4.78, 5) is 14.1. The van der Waals surface area contributed by atoms with Crippen LogP contribution in [-0.2, 0) is 10.0 Å². The number of carbonyl (C=O) groups is 1. The lowest BCUT2D eigenvalue weighted by Gasteiger charge is -2.15. The number of rotatable bonds is 5. The first-order chi connectivity index (χ1) is 8.53. The number of aromatic nitrogens is 1. The summed E-state index contributed by atoms with van der Waals surface area (Å²) in [5.74, 6) is -1.56. The Morgan fingerprint density at radius 1 is 1.58 bits per heavy atom. The number of hydrogen-bond donors (Lipinski definition) is 2. The molecular formula is C8H9F3N2O4S2. The molecule has 1 atom stereocenters. The number of hydrogen-bond acceptors (Lipinski definition) is 5. The molecule has 11 heteroatoms. The van der Waals surface area contributed by atoms with Crippen molar-refractivity contribution in [3.8, 4) is 0 Å². The standard InChI is InChI=1S/C8H9F3N2O4S2/c1-4(2-8(9,10)11)13-19(16,17)7-5(6(14)15)12-3-18-7/h3-4,13H,2H2,1H3,(H,14,15). The van der Waals surface area contributed by atoms with Crippen molar-refractivity contribution >= 4 is 27.3 Å². The molecule has 0 amide bonds. The molecule has 19 heavy (non-hydrogen) atoms. The van der Waals surface area contributed by atoms with E-state index in [0.29, 0.717) is 11.3 Å². The maximum atomic E-state index is 12.1. The highest BCUT2D eigenvalue weighted by atomic mass is 32.2. The van der Waals surface area contributed by atoms with E-state index >= 15 is 0 Å². The van der Waals surface area contributed by atoms with E-state index in [0.717, 1.165) is 12.4 Å². The average Bonchev–Trinajstić information content (AvgIpc) is 2.60. The SMILES string of the molecule is CC(CC(F)(F)F)NS(=O)(=O)c1scnc1C(=O)O. The molecule has 108 valence electrons. The van der Waals surface area contributed by atoms with Crippen LogP contribution in [0.5, 0.6) is 0 Å². The second-order valence-electron chi connectivity index (χ2n) is 3.64. The van der Waals surface area contributed by atoms with Gasteiger partial charge in [-0.25, -0.2) is 22.9 Å². The van der Waals surface area contributed by atoms with Crippen LogP contribution in [0.25, 0.3) is 0 Å². The molecule has 0 saturated carbocycles. The highest BCUT2D eigenvalue weighted by molar-refractivity contribution is 7.91. The smallest absolute Gasteiger partial charge is 0.390 e. The number of carboxylic acids is 1. The number of nitrogens with zero attached hydrogens (tertiary/aromatic N) is 1. The van der Waals surface area contributed by atoms with Gasteiger partial charge in [0.05, 0.1) is 11.9 Å². The minimum atomic E-state index is -4.52. The molecule has 1 aromatic rings. The summed E-state index contributed by atoms with van der Waals surface area (Å²) in [7, 11) is -4.34. The van der Waals surface area contributed by atoms with Crippen LogP contribution in [0.3, 0.4) is 0 Å². The third-order valence-electron chi connectivity index (χ3n) is 1.88.